The fourth-order valence-corrected chi connectivity index (χ4v) is 2.71. The van der Waals surface area contributed by atoms with Crippen LogP contribution in [0, 0.1) is 0 Å². The van der Waals surface area contributed by atoms with E-state index in [2.05, 4.69) is 5.32 Å². The zero-order chi connectivity index (χ0) is 15.2. The molecule has 0 spiro atoms. The van der Waals surface area contributed by atoms with Gasteiger partial charge in [0.1, 0.15) is 0 Å². The Morgan fingerprint density at radius 1 is 1.25 bits per heavy atom. The smallest absolute Gasteiger partial charge is 0.300 e. The molecule has 1 heterocycles. The first-order valence-corrected chi connectivity index (χ1v) is 8.43. The summed E-state index contributed by atoms with van der Waals surface area (Å²) in [4.78, 5) is 9.40. The summed E-state index contributed by atoms with van der Waals surface area (Å²) in [7, 11) is -3.07. The van der Waals surface area contributed by atoms with Crippen LogP contribution in [-0.2, 0) is 14.6 Å². The summed E-state index contributed by atoms with van der Waals surface area (Å²) in [6.07, 6.45) is 4.85. The van der Waals surface area contributed by atoms with E-state index in [9.17, 15) is 8.42 Å². The number of aliphatic carboxylic acids is 1. The fourth-order valence-electron chi connectivity index (χ4n) is 2.08. The van der Waals surface area contributed by atoms with Crippen molar-refractivity contribution < 1.29 is 18.3 Å². The van der Waals surface area contributed by atoms with Gasteiger partial charge < -0.3 is 10.4 Å². The van der Waals surface area contributed by atoms with Crippen LogP contribution >= 0.6 is 0 Å². The third kappa shape index (κ3) is 5.71. The molecule has 1 atom stereocenters. The Bertz CT molecular complexity index is 527. The number of carboxylic acids is 1. The first-order valence-electron chi connectivity index (χ1n) is 6.53. The number of hydrogen-bond acceptors (Lipinski definition) is 4. The molecule has 2 rings (SSSR count). The number of carboxylic acid groups (broad SMARTS) is 1. The topological polar surface area (TPSA) is 83.5 Å². The lowest BCUT2D eigenvalue weighted by atomic mass is 9.98. The first kappa shape index (κ1) is 16.7. The largest absolute Gasteiger partial charge is 0.481 e. The summed E-state index contributed by atoms with van der Waals surface area (Å²) in [5.74, 6) is -0.833. The van der Waals surface area contributed by atoms with E-state index in [-0.39, 0.29) is 0 Å². The van der Waals surface area contributed by atoms with Crippen molar-refractivity contribution in [3.8, 4) is 0 Å². The normalized spacial score (nSPS) is 18.8. The molecule has 5 nitrogen and oxygen atoms in total. The zero-order valence-electron chi connectivity index (χ0n) is 11.8. The molecule has 0 saturated carbocycles. The molecule has 112 valence electrons. The van der Waals surface area contributed by atoms with Crippen LogP contribution in [0.15, 0.2) is 29.2 Å². The van der Waals surface area contributed by atoms with Crippen molar-refractivity contribution in [1.29, 1.82) is 0 Å². The van der Waals surface area contributed by atoms with Gasteiger partial charge in [-0.25, -0.2) is 8.42 Å². The second-order valence-corrected chi connectivity index (χ2v) is 6.88. The van der Waals surface area contributed by atoms with Crippen LogP contribution < -0.4 is 5.32 Å². The predicted molar refractivity (Wildman–Crippen MR) is 77.5 cm³/mol. The second-order valence-electron chi connectivity index (χ2n) is 4.86. The Hall–Kier alpha value is -1.40. The van der Waals surface area contributed by atoms with Gasteiger partial charge in [-0.3, -0.25) is 4.79 Å². The number of hydrogen-bond donors (Lipinski definition) is 2. The number of piperidine rings is 1. The molecule has 1 aliphatic heterocycles. The predicted octanol–water partition coefficient (Wildman–Crippen LogP) is 2.00. The van der Waals surface area contributed by atoms with Crippen molar-refractivity contribution in [3.63, 3.8) is 0 Å². The lowest BCUT2D eigenvalue weighted by Crippen LogP contribution is -2.26. The van der Waals surface area contributed by atoms with E-state index in [1.54, 1.807) is 12.1 Å². The molecule has 0 bridgehead atoms. The molecule has 1 fully saturated rings. The van der Waals surface area contributed by atoms with Crippen molar-refractivity contribution in [2.24, 2.45) is 0 Å². The Morgan fingerprint density at radius 3 is 2.20 bits per heavy atom. The average molecular weight is 299 g/mol. The van der Waals surface area contributed by atoms with Gasteiger partial charge in [0, 0.05) is 19.2 Å². The molecule has 0 amide bonds. The minimum Gasteiger partial charge on any atom is -0.481 e. The third-order valence-corrected chi connectivity index (χ3v) is 4.15. The van der Waals surface area contributed by atoms with E-state index in [1.165, 1.54) is 24.7 Å². The van der Waals surface area contributed by atoms with Crippen LogP contribution in [0.25, 0.3) is 0 Å². The third-order valence-electron chi connectivity index (χ3n) is 3.02. The van der Waals surface area contributed by atoms with Crippen molar-refractivity contribution in [1.82, 2.24) is 5.32 Å². The van der Waals surface area contributed by atoms with E-state index in [4.69, 9.17) is 9.90 Å². The summed E-state index contributed by atoms with van der Waals surface area (Å²) in [6, 6.07) is 7.61. The summed E-state index contributed by atoms with van der Waals surface area (Å²) >= 11 is 0. The first-order chi connectivity index (χ1) is 9.30. The molecule has 1 unspecified atom stereocenters. The highest BCUT2D eigenvalue weighted by atomic mass is 32.2. The number of carbonyl (C=O) groups is 1. The van der Waals surface area contributed by atoms with Crippen LogP contribution in [0.4, 0.5) is 0 Å². The average Bonchev–Trinajstić information content (AvgIpc) is 2.38. The molecule has 6 heteroatoms. The summed E-state index contributed by atoms with van der Waals surface area (Å²) in [5, 5.41) is 10.9. The van der Waals surface area contributed by atoms with Gasteiger partial charge >= 0.3 is 0 Å². The number of benzene rings is 1. The van der Waals surface area contributed by atoms with Gasteiger partial charge in [-0.2, -0.15) is 0 Å². The quantitative estimate of drug-likeness (QED) is 0.872. The molecule has 0 aromatic heterocycles. The van der Waals surface area contributed by atoms with Crippen molar-refractivity contribution in [2.45, 2.75) is 37.1 Å². The Balaban J connectivity index is 0.000000444. The molecule has 0 aliphatic carbocycles. The minimum absolute atomic E-state index is 0.391. The Labute approximate surface area is 119 Å². The standard InChI is InChI=1S/C12H17NO2S.C2H4O2/c1-16(14,15)11-7-5-10(6-8-11)12-4-2-3-9-13-12;1-2(3)4/h5-8,12-13H,2-4,9H2,1H3;1H3,(H,3,4). The van der Waals surface area contributed by atoms with Crippen LogP contribution in [-0.4, -0.2) is 32.3 Å². The highest BCUT2D eigenvalue weighted by Gasteiger charge is 2.15. The van der Waals surface area contributed by atoms with Gasteiger partial charge in [0.05, 0.1) is 4.90 Å². The molecule has 1 aromatic carbocycles. The highest BCUT2D eigenvalue weighted by molar-refractivity contribution is 7.90. The maximum absolute atomic E-state index is 11.3. The maximum Gasteiger partial charge on any atom is 0.300 e. The van der Waals surface area contributed by atoms with Gasteiger partial charge in [0.25, 0.3) is 5.97 Å². The number of rotatable bonds is 2. The number of nitrogens with one attached hydrogen (secondary N) is 1. The van der Waals surface area contributed by atoms with Gasteiger partial charge in [0.15, 0.2) is 9.84 Å². The Morgan fingerprint density at radius 2 is 1.80 bits per heavy atom. The fraction of sp³-hybridized carbons (Fsp3) is 0.500. The van der Waals surface area contributed by atoms with Crippen LogP contribution in [0.3, 0.4) is 0 Å². The second kappa shape index (κ2) is 7.40. The van der Waals surface area contributed by atoms with Gasteiger partial charge in [-0.15, -0.1) is 0 Å². The SMILES string of the molecule is CC(=O)O.CS(=O)(=O)c1ccc(C2CCCCN2)cc1. The molecule has 1 aromatic rings. The van der Waals surface area contributed by atoms with Gasteiger partial charge in [-0.1, -0.05) is 18.6 Å². The van der Waals surface area contributed by atoms with Crippen molar-refractivity contribution in [2.75, 3.05) is 12.8 Å². The van der Waals surface area contributed by atoms with Crippen molar-refractivity contribution in [3.05, 3.63) is 29.8 Å². The summed E-state index contributed by atoms with van der Waals surface area (Å²) < 4.78 is 22.6. The van der Waals surface area contributed by atoms with E-state index in [0.29, 0.717) is 10.9 Å². The molecular weight excluding hydrogens is 278 g/mol. The van der Waals surface area contributed by atoms with E-state index in [1.807, 2.05) is 12.1 Å². The highest BCUT2D eigenvalue weighted by Crippen LogP contribution is 2.23. The van der Waals surface area contributed by atoms with E-state index in [0.717, 1.165) is 19.9 Å². The molecule has 2 N–H and O–H groups in total. The molecule has 20 heavy (non-hydrogen) atoms. The Kier molecular flexibility index (Phi) is 6.16. The lowest BCUT2D eigenvalue weighted by molar-refractivity contribution is -0.134. The monoisotopic (exact) mass is 299 g/mol. The van der Waals surface area contributed by atoms with E-state index < -0.39 is 15.8 Å². The maximum atomic E-state index is 11.3. The molecule has 1 saturated heterocycles. The summed E-state index contributed by atoms with van der Waals surface area (Å²) in [5.41, 5.74) is 1.19. The van der Waals surface area contributed by atoms with Gasteiger partial charge in [0.2, 0.25) is 0 Å². The van der Waals surface area contributed by atoms with Crippen molar-refractivity contribution >= 4 is 15.8 Å². The number of sulfone groups is 1. The molecule has 0 radical (unpaired) electrons. The molecular formula is C14H21NO4S. The van der Waals surface area contributed by atoms with E-state index >= 15 is 0 Å². The minimum atomic E-state index is -3.07. The van der Waals surface area contributed by atoms with Crippen LogP contribution in [0.1, 0.15) is 37.8 Å². The molecule has 1 aliphatic rings. The lowest BCUT2D eigenvalue weighted by Gasteiger charge is -2.23. The van der Waals surface area contributed by atoms with Crippen LogP contribution in [0.5, 0.6) is 0 Å². The van der Waals surface area contributed by atoms with Gasteiger partial charge in [-0.05, 0) is 37.1 Å². The van der Waals surface area contributed by atoms with Crippen LogP contribution in [0.2, 0.25) is 0 Å². The summed E-state index contributed by atoms with van der Waals surface area (Å²) in [6.45, 7) is 2.14. The zero-order valence-corrected chi connectivity index (χ0v) is 12.6.